The van der Waals surface area contributed by atoms with Crippen molar-refractivity contribution >= 4 is 17.2 Å². The van der Waals surface area contributed by atoms with Gasteiger partial charge in [0.15, 0.2) is 0 Å². The molecule has 1 aromatic rings. The number of carbonyl (C=O) groups excluding carboxylic acids is 1. The van der Waals surface area contributed by atoms with E-state index in [0.29, 0.717) is 6.54 Å². The normalized spacial score (nSPS) is 21.2. The lowest BCUT2D eigenvalue weighted by Gasteiger charge is -2.22. The van der Waals surface area contributed by atoms with E-state index in [9.17, 15) is 4.79 Å². The molecule has 1 fully saturated rings. The van der Waals surface area contributed by atoms with Crippen LogP contribution in [0.5, 0.6) is 0 Å². The smallest absolute Gasteiger partial charge is 0.237 e. The van der Waals surface area contributed by atoms with Crippen molar-refractivity contribution in [1.82, 2.24) is 15.6 Å². The molecule has 2 rings (SSSR count). The van der Waals surface area contributed by atoms with Crippen LogP contribution in [0.2, 0.25) is 0 Å². The van der Waals surface area contributed by atoms with Gasteiger partial charge in [-0.3, -0.25) is 4.79 Å². The molecule has 0 saturated carbocycles. The lowest BCUT2D eigenvalue weighted by molar-refractivity contribution is -0.123. The van der Waals surface area contributed by atoms with E-state index in [0.717, 1.165) is 24.4 Å². The number of rotatable bonds is 3. The minimum absolute atomic E-state index is 0.00119. The molecule has 1 aliphatic rings. The van der Waals surface area contributed by atoms with Gasteiger partial charge in [0, 0.05) is 11.6 Å². The number of hydrogen-bond acceptors (Lipinski definition) is 4. The van der Waals surface area contributed by atoms with Crippen molar-refractivity contribution < 1.29 is 4.79 Å². The number of amides is 1. The zero-order valence-electron chi connectivity index (χ0n) is 8.53. The molecule has 1 saturated heterocycles. The number of aromatic nitrogens is 1. The van der Waals surface area contributed by atoms with Gasteiger partial charge in [-0.25, -0.2) is 4.98 Å². The maximum atomic E-state index is 11.7. The molecule has 2 N–H and O–H groups in total. The van der Waals surface area contributed by atoms with Crippen LogP contribution in [0.25, 0.3) is 0 Å². The Morgan fingerprint density at radius 1 is 1.67 bits per heavy atom. The van der Waals surface area contributed by atoms with Gasteiger partial charge < -0.3 is 10.6 Å². The van der Waals surface area contributed by atoms with Crippen LogP contribution in [0.3, 0.4) is 0 Å². The summed E-state index contributed by atoms with van der Waals surface area (Å²) in [6.07, 6.45) is 5.02. The van der Waals surface area contributed by atoms with Crippen molar-refractivity contribution in [2.24, 2.45) is 0 Å². The van der Waals surface area contributed by atoms with Crippen LogP contribution >= 0.6 is 11.3 Å². The van der Waals surface area contributed by atoms with Gasteiger partial charge in [0.25, 0.3) is 0 Å². The Morgan fingerprint density at radius 2 is 2.60 bits per heavy atom. The Bertz CT molecular complexity index is 306. The molecule has 5 heteroatoms. The average Bonchev–Trinajstić information content (AvgIpc) is 2.80. The monoisotopic (exact) mass is 225 g/mol. The molecule has 1 amide bonds. The zero-order valence-corrected chi connectivity index (χ0v) is 9.35. The largest absolute Gasteiger partial charge is 0.348 e. The minimum Gasteiger partial charge on any atom is -0.348 e. The van der Waals surface area contributed by atoms with Crippen molar-refractivity contribution in [2.75, 3.05) is 6.54 Å². The number of thiazole rings is 1. The van der Waals surface area contributed by atoms with Crippen molar-refractivity contribution in [3.05, 3.63) is 16.6 Å². The van der Waals surface area contributed by atoms with Gasteiger partial charge in [-0.15, -0.1) is 11.3 Å². The van der Waals surface area contributed by atoms with Crippen molar-refractivity contribution in [3.8, 4) is 0 Å². The number of nitrogens with one attached hydrogen (secondary N) is 2. The molecular formula is C10H15N3OS. The van der Waals surface area contributed by atoms with E-state index in [4.69, 9.17) is 0 Å². The fraction of sp³-hybridized carbons (Fsp3) is 0.600. The molecule has 0 bridgehead atoms. The first kappa shape index (κ1) is 10.6. The van der Waals surface area contributed by atoms with Crippen molar-refractivity contribution in [2.45, 2.75) is 31.8 Å². The van der Waals surface area contributed by atoms with E-state index < -0.39 is 0 Å². The van der Waals surface area contributed by atoms with Crippen LogP contribution in [0.15, 0.2) is 11.6 Å². The Labute approximate surface area is 93.1 Å². The van der Waals surface area contributed by atoms with E-state index in [1.54, 1.807) is 17.5 Å². The second-order valence-electron chi connectivity index (χ2n) is 3.65. The maximum absolute atomic E-state index is 11.7. The molecule has 2 heterocycles. The van der Waals surface area contributed by atoms with Gasteiger partial charge in [-0.1, -0.05) is 6.42 Å². The third kappa shape index (κ3) is 3.00. The fourth-order valence-electron chi connectivity index (χ4n) is 1.70. The molecule has 1 atom stereocenters. The van der Waals surface area contributed by atoms with Gasteiger partial charge in [-0.2, -0.15) is 0 Å². The molecule has 0 aromatic carbocycles. The van der Waals surface area contributed by atoms with Gasteiger partial charge in [0.1, 0.15) is 5.01 Å². The van der Waals surface area contributed by atoms with E-state index >= 15 is 0 Å². The average molecular weight is 225 g/mol. The van der Waals surface area contributed by atoms with Gasteiger partial charge in [-0.05, 0) is 19.4 Å². The molecule has 1 aliphatic heterocycles. The van der Waals surface area contributed by atoms with Crippen LogP contribution in [-0.4, -0.2) is 23.5 Å². The number of carbonyl (C=O) groups is 1. The summed E-state index contributed by atoms with van der Waals surface area (Å²) in [5.74, 6) is 0.102. The van der Waals surface area contributed by atoms with E-state index in [1.807, 2.05) is 5.38 Å². The summed E-state index contributed by atoms with van der Waals surface area (Å²) in [6.45, 7) is 1.50. The lowest BCUT2D eigenvalue weighted by atomic mass is 10.0. The summed E-state index contributed by atoms with van der Waals surface area (Å²) in [4.78, 5) is 15.8. The SMILES string of the molecule is O=C(NCc1nccs1)[C@@H]1CCCCN1. The van der Waals surface area contributed by atoms with Crippen LogP contribution < -0.4 is 10.6 Å². The highest BCUT2D eigenvalue weighted by Gasteiger charge is 2.19. The fourth-order valence-corrected chi connectivity index (χ4v) is 2.26. The second-order valence-corrected chi connectivity index (χ2v) is 4.63. The first-order valence-electron chi connectivity index (χ1n) is 5.26. The Kier molecular flexibility index (Phi) is 3.69. The number of hydrogen-bond donors (Lipinski definition) is 2. The molecule has 0 radical (unpaired) electrons. The maximum Gasteiger partial charge on any atom is 0.237 e. The summed E-state index contributed by atoms with van der Waals surface area (Å²) >= 11 is 1.57. The summed E-state index contributed by atoms with van der Waals surface area (Å²) in [5.41, 5.74) is 0. The van der Waals surface area contributed by atoms with Crippen molar-refractivity contribution in [3.63, 3.8) is 0 Å². The molecule has 0 aliphatic carbocycles. The topological polar surface area (TPSA) is 54.0 Å². The van der Waals surface area contributed by atoms with Crippen molar-refractivity contribution in [1.29, 1.82) is 0 Å². The van der Waals surface area contributed by atoms with Crippen LogP contribution in [-0.2, 0) is 11.3 Å². The molecule has 4 nitrogen and oxygen atoms in total. The molecule has 0 spiro atoms. The summed E-state index contributed by atoms with van der Waals surface area (Å²) in [7, 11) is 0. The molecular weight excluding hydrogens is 210 g/mol. The standard InChI is InChI=1S/C10H15N3OS/c14-10(8-3-1-2-4-11-8)13-7-9-12-5-6-15-9/h5-6,8,11H,1-4,7H2,(H,13,14)/t8-/m0/s1. The Hall–Kier alpha value is -0.940. The van der Waals surface area contributed by atoms with Crippen LogP contribution in [0, 0.1) is 0 Å². The predicted octanol–water partition coefficient (Wildman–Crippen LogP) is 0.901. The highest BCUT2D eigenvalue weighted by Crippen LogP contribution is 2.08. The zero-order chi connectivity index (χ0) is 10.5. The number of nitrogens with zero attached hydrogens (tertiary/aromatic N) is 1. The van der Waals surface area contributed by atoms with Crippen LogP contribution in [0.4, 0.5) is 0 Å². The minimum atomic E-state index is -0.00119. The van der Waals surface area contributed by atoms with Gasteiger partial charge in [0.05, 0.1) is 12.6 Å². The van der Waals surface area contributed by atoms with Gasteiger partial charge >= 0.3 is 0 Å². The van der Waals surface area contributed by atoms with Crippen LogP contribution in [0.1, 0.15) is 24.3 Å². The Balaban J connectivity index is 1.76. The highest BCUT2D eigenvalue weighted by molar-refractivity contribution is 7.09. The summed E-state index contributed by atoms with van der Waals surface area (Å²) in [5, 5.41) is 9.00. The van der Waals surface area contributed by atoms with E-state index in [2.05, 4.69) is 15.6 Å². The van der Waals surface area contributed by atoms with E-state index in [-0.39, 0.29) is 11.9 Å². The third-order valence-corrected chi connectivity index (χ3v) is 3.30. The van der Waals surface area contributed by atoms with Gasteiger partial charge in [0.2, 0.25) is 5.91 Å². The molecule has 82 valence electrons. The van der Waals surface area contributed by atoms with E-state index in [1.165, 1.54) is 6.42 Å². The summed E-state index contributed by atoms with van der Waals surface area (Å²) < 4.78 is 0. The first-order valence-corrected chi connectivity index (χ1v) is 6.14. The Morgan fingerprint density at radius 3 is 3.27 bits per heavy atom. The molecule has 1 aromatic heterocycles. The first-order chi connectivity index (χ1) is 7.36. The summed E-state index contributed by atoms with van der Waals surface area (Å²) in [6, 6.07) is -0.00119. The highest BCUT2D eigenvalue weighted by atomic mass is 32.1. The third-order valence-electron chi connectivity index (χ3n) is 2.52. The number of piperidine rings is 1. The lowest BCUT2D eigenvalue weighted by Crippen LogP contribution is -2.46. The quantitative estimate of drug-likeness (QED) is 0.803. The predicted molar refractivity (Wildman–Crippen MR) is 59.6 cm³/mol. The molecule has 0 unspecified atom stereocenters. The second kappa shape index (κ2) is 5.23. The molecule has 15 heavy (non-hydrogen) atoms.